The molecule has 3 heteroatoms. The number of amides is 1. The van der Waals surface area contributed by atoms with Gasteiger partial charge in [0.05, 0.1) is 6.04 Å². The van der Waals surface area contributed by atoms with Crippen LogP contribution in [0.25, 0.3) is 0 Å². The molecule has 0 spiro atoms. The first-order valence-electron chi connectivity index (χ1n) is 8.41. The van der Waals surface area contributed by atoms with Gasteiger partial charge in [-0.25, -0.2) is 0 Å². The minimum Gasteiger partial charge on any atom is -0.331 e. The molecule has 0 aliphatic carbocycles. The number of nitrogens with one attached hydrogen (secondary N) is 1. The van der Waals surface area contributed by atoms with Crippen LogP contribution in [0, 0.1) is 0 Å². The van der Waals surface area contributed by atoms with E-state index in [0.717, 1.165) is 32.5 Å². The Morgan fingerprint density at radius 3 is 2.83 bits per heavy atom. The minimum atomic E-state index is 0.0534. The summed E-state index contributed by atoms with van der Waals surface area (Å²) in [5, 5.41) is 3.42. The first-order valence-corrected chi connectivity index (χ1v) is 8.41. The number of nitrogens with zero attached hydrogens (tertiary/aromatic N) is 1. The van der Waals surface area contributed by atoms with E-state index in [-0.39, 0.29) is 11.9 Å². The molecule has 118 valence electrons. The van der Waals surface area contributed by atoms with Gasteiger partial charge in [0, 0.05) is 20.0 Å². The van der Waals surface area contributed by atoms with Crippen LogP contribution in [-0.2, 0) is 24.2 Å². The van der Waals surface area contributed by atoms with E-state index in [2.05, 4.69) is 47.8 Å². The summed E-state index contributed by atoms with van der Waals surface area (Å²) in [5.74, 6) is 0.156. The van der Waals surface area contributed by atoms with Crippen molar-refractivity contribution in [3.05, 3.63) is 70.3 Å². The van der Waals surface area contributed by atoms with Crippen LogP contribution < -0.4 is 5.32 Å². The SMILES string of the molecule is CC(=O)N1CCc2ccccc2C1c1ccc2c(c1)CCNC2. The molecule has 2 aromatic rings. The van der Waals surface area contributed by atoms with Crippen molar-refractivity contribution in [2.45, 2.75) is 32.4 Å². The third kappa shape index (κ3) is 2.55. The van der Waals surface area contributed by atoms with Crippen LogP contribution >= 0.6 is 0 Å². The van der Waals surface area contributed by atoms with Crippen molar-refractivity contribution in [1.82, 2.24) is 10.2 Å². The highest BCUT2D eigenvalue weighted by molar-refractivity contribution is 5.75. The average molecular weight is 306 g/mol. The summed E-state index contributed by atoms with van der Waals surface area (Å²) in [4.78, 5) is 14.2. The van der Waals surface area contributed by atoms with Gasteiger partial charge < -0.3 is 10.2 Å². The van der Waals surface area contributed by atoms with Gasteiger partial charge in [0.25, 0.3) is 0 Å². The fourth-order valence-corrected chi connectivity index (χ4v) is 3.93. The van der Waals surface area contributed by atoms with Crippen molar-refractivity contribution < 1.29 is 4.79 Å². The van der Waals surface area contributed by atoms with Crippen molar-refractivity contribution in [2.75, 3.05) is 13.1 Å². The largest absolute Gasteiger partial charge is 0.331 e. The minimum absolute atomic E-state index is 0.0534. The lowest BCUT2D eigenvalue weighted by Crippen LogP contribution is -2.39. The van der Waals surface area contributed by atoms with Gasteiger partial charge in [0.15, 0.2) is 0 Å². The first kappa shape index (κ1) is 14.5. The van der Waals surface area contributed by atoms with Crippen LogP contribution in [0.2, 0.25) is 0 Å². The molecule has 1 unspecified atom stereocenters. The maximum absolute atomic E-state index is 12.2. The molecule has 0 fully saturated rings. The van der Waals surface area contributed by atoms with Gasteiger partial charge in [-0.2, -0.15) is 0 Å². The maximum atomic E-state index is 12.2. The van der Waals surface area contributed by atoms with Gasteiger partial charge in [-0.1, -0.05) is 42.5 Å². The third-order valence-electron chi connectivity index (χ3n) is 5.12. The summed E-state index contributed by atoms with van der Waals surface area (Å²) in [6.07, 6.45) is 2.01. The molecule has 1 atom stereocenters. The predicted molar refractivity (Wildman–Crippen MR) is 91.2 cm³/mol. The van der Waals surface area contributed by atoms with E-state index in [9.17, 15) is 4.79 Å². The Balaban J connectivity index is 1.82. The van der Waals surface area contributed by atoms with Crippen molar-refractivity contribution >= 4 is 5.91 Å². The molecule has 0 aromatic heterocycles. The van der Waals surface area contributed by atoms with Crippen molar-refractivity contribution in [1.29, 1.82) is 0 Å². The molecule has 2 aliphatic heterocycles. The summed E-state index contributed by atoms with van der Waals surface area (Å²) in [6.45, 7) is 4.47. The molecule has 0 radical (unpaired) electrons. The molecular weight excluding hydrogens is 284 g/mol. The Hall–Kier alpha value is -2.13. The summed E-state index contributed by atoms with van der Waals surface area (Å²) in [7, 11) is 0. The van der Waals surface area contributed by atoms with Crippen molar-refractivity contribution in [2.24, 2.45) is 0 Å². The van der Waals surface area contributed by atoms with Crippen LogP contribution in [0.4, 0.5) is 0 Å². The number of benzene rings is 2. The zero-order valence-corrected chi connectivity index (χ0v) is 13.5. The van der Waals surface area contributed by atoms with Gasteiger partial charge >= 0.3 is 0 Å². The van der Waals surface area contributed by atoms with E-state index in [1.807, 2.05) is 4.90 Å². The fourth-order valence-electron chi connectivity index (χ4n) is 3.93. The monoisotopic (exact) mass is 306 g/mol. The second kappa shape index (κ2) is 5.82. The summed E-state index contributed by atoms with van der Waals surface area (Å²) >= 11 is 0. The van der Waals surface area contributed by atoms with Gasteiger partial charge in [-0.15, -0.1) is 0 Å². The van der Waals surface area contributed by atoms with E-state index < -0.39 is 0 Å². The van der Waals surface area contributed by atoms with Crippen molar-refractivity contribution in [3.63, 3.8) is 0 Å². The van der Waals surface area contributed by atoms with Crippen LogP contribution in [0.1, 0.15) is 40.8 Å². The highest BCUT2D eigenvalue weighted by atomic mass is 16.2. The summed E-state index contributed by atoms with van der Waals surface area (Å²) < 4.78 is 0. The van der Waals surface area contributed by atoms with E-state index >= 15 is 0 Å². The molecule has 4 rings (SSSR count). The topological polar surface area (TPSA) is 32.3 Å². The number of carbonyl (C=O) groups excluding carboxylic acids is 1. The Morgan fingerprint density at radius 1 is 1.09 bits per heavy atom. The lowest BCUT2D eigenvalue weighted by Gasteiger charge is -2.37. The molecule has 0 saturated carbocycles. The molecular formula is C20H22N2O. The Morgan fingerprint density at radius 2 is 1.96 bits per heavy atom. The Kier molecular flexibility index (Phi) is 3.66. The quantitative estimate of drug-likeness (QED) is 0.878. The molecule has 2 heterocycles. The predicted octanol–water partition coefficient (Wildman–Crippen LogP) is 2.83. The van der Waals surface area contributed by atoms with Gasteiger partial charge in [0.2, 0.25) is 5.91 Å². The number of fused-ring (bicyclic) bond motifs is 2. The highest BCUT2D eigenvalue weighted by Gasteiger charge is 2.30. The molecule has 1 amide bonds. The molecule has 2 aliphatic rings. The number of carbonyl (C=O) groups is 1. The number of hydrogen-bond acceptors (Lipinski definition) is 2. The molecule has 1 N–H and O–H groups in total. The summed E-state index contributed by atoms with van der Waals surface area (Å²) in [6, 6.07) is 15.4. The van der Waals surface area contributed by atoms with E-state index in [1.54, 1.807) is 6.92 Å². The number of hydrogen-bond donors (Lipinski definition) is 1. The lowest BCUT2D eigenvalue weighted by atomic mass is 9.86. The van der Waals surface area contributed by atoms with Crippen LogP contribution in [0.15, 0.2) is 42.5 Å². The Bertz CT molecular complexity index is 753. The molecule has 2 aromatic carbocycles. The smallest absolute Gasteiger partial charge is 0.220 e. The number of rotatable bonds is 1. The van der Waals surface area contributed by atoms with E-state index in [1.165, 1.54) is 27.8 Å². The zero-order chi connectivity index (χ0) is 15.8. The highest BCUT2D eigenvalue weighted by Crippen LogP contribution is 2.36. The second-order valence-corrected chi connectivity index (χ2v) is 6.52. The van der Waals surface area contributed by atoms with E-state index in [4.69, 9.17) is 0 Å². The van der Waals surface area contributed by atoms with Gasteiger partial charge in [-0.05, 0) is 47.2 Å². The standard InChI is InChI=1S/C20H22N2O/c1-14(23)22-11-9-15-4-2-3-5-19(15)20(22)17-6-7-18-13-21-10-8-16(18)12-17/h2-7,12,20-21H,8-11,13H2,1H3. The third-order valence-corrected chi connectivity index (χ3v) is 5.12. The zero-order valence-electron chi connectivity index (χ0n) is 13.5. The van der Waals surface area contributed by atoms with Crippen molar-refractivity contribution in [3.8, 4) is 0 Å². The molecule has 3 nitrogen and oxygen atoms in total. The Labute approximate surface area is 137 Å². The summed E-state index contributed by atoms with van der Waals surface area (Å²) in [5.41, 5.74) is 6.71. The van der Waals surface area contributed by atoms with Gasteiger partial charge in [-0.3, -0.25) is 4.79 Å². The van der Waals surface area contributed by atoms with Gasteiger partial charge in [0.1, 0.15) is 0 Å². The van der Waals surface area contributed by atoms with Crippen LogP contribution in [0.3, 0.4) is 0 Å². The lowest BCUT2D eigenvalue weighted by molar-refractivity contribution is -0.130. The van der Waals surface area contributed by atoms with Crippen LogP contribution in [-0.4, -0.2) is 23.9 Å². The first-order chi connectivity index (χ1) is 11.2. The average Bonchev–Trinajstić information content (AvgIpc) is 2.60. The van der Waals surface area contributed by atoms with E-state index in [0.29, 0.717) is 0 Å². The molecule has 0 bridgehead atoms. The second-order valence-electron chi connectivity index (χ2n) is 6.52. The molecule has 0 saturated heterocycles. The van der Waals surface area contributed by atoms with Crippen LogP contribution in [0.5, 0.6) is 0 Å². The molecule has 23 heavy (non-hydrogen) atoms. The maximum Gasteiger partial charge on any atom is 0.220 e. The normalized spacial score (nSPS) is 19.9. The fraction of sp³-hybridized carbons (Fsp3) is 0.350.